The third-order valence-electron chi connectivity index (χ3n) is 4.30. The molecule has 2 N–H and O–H groups in total. The molecule has 5 heterocycles. The number of rotatable bonds is 3. The first-order valence-electron chi connectivity index (χ1n) is 10.1. The van der Waals surface area contributed by atoms with Crippen molar-refractivity contribution in [3.8, 4) is 33.9 Å². The van der Waals surface area contributed by atoms with Gasteiger partial charge in [0.2, 0.25) is 0 Å². The maximum absolute atomic E-state index is 8.25. The molecule has 0 spiro atoms. The van der Waals surface area contributed by atoms with Crippen molar-refractivity contribution in [1.29, 1.82) is 0 Å². The first-order valence-corrected chi connectivity index (χ1v) is 10.1. The smallest absolute Gasteiger partial charge is 0.693 e. The number of nitrogens with zero attached hydrogens (tertiary/aromatic N) is 6. The van der Waals surface area contributed by atoms with Crippen LogP contribution in [0.25, 0.3) is 40.1 Å². The number of hydrogen-bond acceptors (Lipinski definition) is 8. The Balaban J connectivity index is 0.000000314. The summed E-state index contributed by atoms with van der Waals surface area (Å²) in [6.45, 7) is 0. The summed E-state index contributed by atoms with van der Waals surface area (Å²) in [6.07, 6.45) is 10.7. The molecule has 0 aliphatic heterocycles. The van der Waals surface area contributed by atoms with Crippen LogP contribution in [0, 0.1) is 15.3 Å². The van der Waals surface area contributed by atoms with E-state index in [-0.39, 0.29) is 27.2 Å². The van der Waals surface area contributed by atoms with Gasteiger partial charge in [-0.25, -0.2) is 4.98 Å². The Morgan fingerprint density at radius 2 is 0.889 bits per heavy atom. The molecule has 10 nitrogen and oxygen atoms in total. The van der Waals surface area contributed by atoms with Crippen LogP contribution in [-0.4, -0.2) is 30.0 Å². The van der Waals surface area contributed by atoms with Crippen molar-refractivity contribution in [3.63, 3.8) is 0 Å². The zero-order valence-electron chi connectivity index (χ0n) is 18.8. The number of aromatic nitrogens is 5. The molecule has 0 amide bonds. The van der Waals surface area contributed by atoms with E-state index in [1.165, 1.54) is 11.1 Å². The first-order chi connectivity index (χ1) is 16.6. The predicted octanol–water partition coefficient (Wildman–Crippen LogP) is 5.82. The Morgan fingerprint density at radius 1 is 0.528 bits per heavy atom. The Hall–Kier alpha value is -4.40. The van der Waals surface area contributed by atoms with Gasteiger partial charge in [0.1, 0.15) is 0 Å². The van der Waals surface area contributed by atoms with Gasteiger partial charge in [-0.1, -0.05) is 18.2 Å². The van der Waals surface area contributed by atoms with Gasteiger partial charge < -0.3 is 21.5 Å². The normalized spacial score (nSPS) is 9.00. The molecule has 184 valence electrons. The van der Waals surface area contributed by atoms with Crippen molar-refractivity contribution < 1.29 is 26.2 Å². The molecule has 5 aromatic heterocycles. The maximum Gasteiger partial charge on any atom is 2.00 e. The van der Waals surface area contributed by atoms with Crippen molar-refractivity contribution >= 4 is 0 Å². The minimum atomic E-state index is -1.75. The van der Waals surface area contributed by atoms with E-state index in [1.807, 2.05) is 78.9 Å². The average molecular weight is 663 g/mol. The molecule has 0 fully saturated rings. The van der Waals surface area contributed by atoms with Crippen molar-refractivity contribution in [2.24, 2.45) is 0 Å². The van der Waals surface area contributed by atoms with Crippen molar-refractivity contribution in [2.45, 2.75) is 0 Å². The van der Waals surface area contributed by atoms with E-state index < -0.39 is 5.09 Å². The van der Waals surface area contributed by atoms with Crippen LogP contribution >= 0.6 is 0 Å². The molecule has 0 saturated heterocycles. The second-order valence-electron chi connectivity index (χ2n) is 6.53. The Labute approximate surface area is 222 Å². The zero-order valence-corrected chi connectivity index (χ0v) is 21.0. The van der Waals surface area contributed by atoms with E-state index in [4.69, 9.17) is 15.3 Å². The van der Waals surface area contributed by atoms with E-state index in [0.29, 0.717) is 0 Å². The number of nitrogens with two attached hydrogens (primary N) is 1. The topological polar surface area (TPSA) is 164 Å². The van der Waals surface area contributed by atoms with Gasteiger partial charge in [-0.15, -0.1) is 0 Å². The van der Waals surface area contributed by atoms with Crippen LogP contribution in [0.2, 0.25) is 0 Å². The maximum atomic E-state index is 8.25. The van der Waals surface area contributed by atoms with Crippen LogP contribution < -0.4 is 0 Å². The molecule has 11 heteroatoms. The number of pyridine rings is 5. The molecule has 36 heavy (non-hydrogen) atoms. The minimum Gasteiger partial charge on any atom is -0.693 e. The zero-order chi connectivity index (χ0) is 24.0. The standard InChI is InChI=1S/C15H11N3.C10H8N2.NO3.H2N.Pt/c1-3-10-16-12(6-1)14-8-5-9-15(18-14)13-7-2-4-11-17-13;1-5-11-6-2-9(1)10-3-7-12-8-4-10;2-1(3)4;;/h1-11H;1-8H;;1H2;/q;;2*-1;+2. The molecule has 0 aromatic carbocycles. The summed E-state index contributed by atoms with van der Waals surface area (Å²) >= 11 is 0. The molecule has 0 aliphatic rings. The summed E-state index contributed by atoms with van der Waals surface area (Å²) in [5.74, 6) is 0. The molecule has 0 atom stereocenters. The van der Waals surface area contributed by atoms with Crippen LogP contribution in [-0.2, 0) is 21.1 Å². The van der Waals surface area contributed by atoms with E-state index in [0.717, 1.165) is 22.8 Å². The molecular weight excluding hydrogens is 641 g/mol. The molecule has 0 saturated carbocycles. The van der Waals surface area contributed by atoms with Crippen molar-refractivity contribution in [2.75, 3.05) is 0 Å². The van der Waals surface area contributed by atoms with Gasteiger partial charge in [0.15, 0.2) is 0 Å². The van der Waals surface area contributed by atoms with Crippen LogP contribution in [0.4, 0.5) is 0 Å². The van der Waals surface area contributed by atoms with E-state index in [9.17, 15) is 0 Å². The van der Waals surface area contributed by atoms with E-state index in [2.05, 4.69) is 24.9 Å². The number of hydrogen-bond donors (Lipinski definition) is 0. The molecule has 5 rings (SSSR count). The Morgan fingerprint density at radius 3 is 1.22 bits per heavy atom. The van der Waals surface area contributed by atoms with Gasteiger partial charge in [-0.2, -0.15) is 0 Å². The average Bonchev–Trinajstić information content (AvgIpc) is 2.91. The van der Waals surface area contributed by atoms with Crippen molar-refractivity contribution in [1.82, 2.24) is 24.9 Å². The largest absolute Gasteiger partial charge is 2.00 e. The summed E-state index contributed by atoms with van der Waals surface area (Å²) < 4.78 is 0. The Kier molecular flexibility index (Phi) is 13.4. The Bertz CT molecular complexity index is 1190. The van der Waals surface area contributed by atoms with Gasteiger partial charge in [0.25, 0.3) is 0 Å². The molecule has 0 unspecified atom stereocenters. The predicted molar refractivity (Wildman–Crippen MR) is 134 cm³/mol. The SMILES string of the molecule is O=[N+]([O-])[O-].[NH2-].[Pt+2].c1cc(-c2ccncc2)ccn1.c1ccc(-c2cccc(-c3ccccn3)n2)nc1. The third-order valence-corrected chi connectivity index (χ3v) is 4.30. The van der Waals surface area contributed by atoms with E-state index >= 15 is 0 Å². The molecule has 0 radical (unpaired) electrons. The minimum absolute atomic E-state index is 0. The summed E-state index contributed by atoms with van der Waals surface area (Å²) in [5.41, 5.74) is 5.81. The monoisotopic (exact) mass is 662 g/mol. The van der Waals surface area contributed by atoms with Crippen LogP contribution in [0.15, 0.2) is 116 Å². The fraction of sp³-hybridized carbons (Fsp3) is 0. The second kappa shape index (κ2) is 16.3. The summed E-state index contributed by atoms with van der Waals surface area (Å²) in [5, 5.41) is 14.8. The van der Waals surface area contributed by atoms with Gasteiger partial charge in [0.05, 0.1) is 27.9 Å². The first kappa shape index (κ1) is 29.6. The van der Waals surface area contributed by atoms with E-state index in [1.54, 1.807) is 37.2 Å². The van der Waals surface area contributed by atoms with Gasteiger partial charge in [0, 0.05) is 37.2 Å². The van der Waals surface area contributed by atoms with Crippen LogP contribution in [0.1, 0.15) is 0 Å². The van der Waals surface area contributed by atoms with Gasteiger partial charge >= 0.3 is 21.1 Å². The molecule has 0 aliphatic carbocycles. The fourth-order valence-corrected chi connectivity index (χ4v) is 2.84. The summed E-state index contributed by atoms with van der Waals surface area (Å²) in [6, 6.07) is 25.4. The second-order valence-corrected chi connectivity index (χ2v) is 6.53. The van der Waals surface area contributed by atoms with Gasteiger partial charge in [-0.05, 0) is 71.8 Å². The van der Waals surface area contributed by atoms with Crippen molar-refractivity contribution in [3.05, 3.63) is 138 Å². The summed E-state index contributed by atoms with van der Waals surface area (Å²) in [7, 11) is 0. The quantitative estimate of drug-likeness (QED) is 0.172. The van der Waals surface area contributed by atoms with Gasteiger partial charge in [-0.3, -0.25) is 19.9 Å². The molecular formula is C25H21N7O3Pt. The van der Waals surface area contributed by atoms with Crippen LogP contribution in [0.5, 0.6) is 0 Å². The van der Waals surface area contributed by atoms with Crippen LogP contribution in [0.3, 0.4) is 0 Å². The molecule has 5 aromatic rings. The summed E-state index contributed by atoms with van der Waals surface area (Å²) in [4.78, 5) is 29.4. The fourth-order valence-electron chi connectivity index (χ4n) is 2.84. The molecule has 0 bridgehead atoms. The third kappa shape index (κ3) is 9.84.